The molecule has 0 aliphatic rings. The van der Waals surface area contributed by atoms with Crippen LogP contribution in [0.15, 0.2) is 65.6 Å². The van der Waals surface area contributed by atoms with Crippen LogP contribution >= 0.6 is 0 Å². The first-order chi connectivity index (χ1) is 15.8. The summed E-state index contributed by atoms with van der Waals surface area (Å²) in [6, 6.07) is 11.8. The molecule has 11 heteroatoms. The number of H-pyrrole nitrogens is 1. The van der Waals surface area contributed by atoms with E-state index < -0.39 is 17.8 Å². The van der Waals surface area contributed by atoms with Crippen molar-refractivity contribution in [2.45, 2.75) is 18.6 Å². The minimum atomic E-state index is -4.32. The number of nitrogens with zero attached hydrogens (tertiary/aromatic N) is 2. The number of aromatic amines is 1. The Morgan fingerprint density at radius 3 is 2.55 bits per heavy atom. The molecule has 2 aromatic heterocycles. The van der Waals surface area contributed by atoms with E-state index in [0.29, 0.717) is 12.0 Å². The number of aliphatic hydroxyl groups excluding tert-OH is 1. The van der Waals surface area contributed by atoms with E-state index in [-0.39, 0.29) is 24.9 Å². The largest absolute Gasteiger partial charge is 0.416 e. The number of alkyl halides is 3. The van der Waals surface area contributed by atoms with E-state index in [9.17, 15) is 18.0 Å². The lowest BCUT2D eigenvalue weighted by Crippen LogP contribution is -2.42. The Morgan fingerprint density at radius 1 is 1.18 bits per heavy atom. The van der Waals surface area contributed by atoms with Gasteiger partial charge < -0.3 is 25.7 Å². The molecule has 174 valence electrons. The number of nitrogens with two attached hydrogens (primary N) is 1. The van der Waals surface area contributed by atoms with Crippen LogP contribution in [-0.4, -0.2) is 45.3 Å². The van der Waals surface area contributed by atoms with Crippen LogP contribution < -0.4 is 11.1 Å². The lowest BCUT2D eigenvalue weighted by Gasteiger charge is -2.10. The summed E-state index contributed by atoms with van der Waals surface area (Å²) < 4.78 is 41.1. The number of hydrogen-bond donors (Lipinski definition) is 4. The first-order valence-corrected chi connectivity index (χ1v) is 9.92. The third-order valence-corrected chi connectivity index (χ3v) is 4.69. The normalized spacial score (nSPS) is 12.2. The van der Waals surface area contributed by atoms with Crippen molar-refractivity contribution in [1.29, 1.82) is 0 Å². The van der Waals surface area contributed by atoms with Gasteiger partial charge in [-0.25, -0.2) is 0 Å². The van der Waals surface area contributed by atoms with E-state index in [1.54, 1.807) is 0 Å². The molecule has 0 radical (unpaired) electrons. The van der Waals surface area contributed by atoms with Gasteiger partial charge in [-0.3, -0.25) is 4.79 Å². The third-order valence-electron chi connectivity index (χ3n) is 4.69. The van der Waals surface area contributed by atoms with E-state index in [1.165, 1.54) is 12.1 Å². The molecule has 8 nitrogen and oxygen atoms in total. The summed E-state index contributed by atoms with van der Waals surface area (Å²) in [5.41, 5.74) is 7.68. The predicted octanol–water partition coefficient (Wildman–Crippen LogP) is 2.90. The molecule has 0 fully saturated rings. The maximum Gasteiger partial charge on any atom is 0.416 e. The molecule has 1 unspecified atom stereocenters. The van der Waals surface area contributed by atoms with Crippen molar-refractivity contribution in [3.8, 4) is 11.4 Å². The van der Waals surface area contributed by atoms with Gasteiger partial charge in [0.05, 0.1) is 18.2 Å². The minimum absolute atomic E-state index is 0.0778. The van der Waals surface area contributed by atoms with Gasteiger partial charge in [-0.2, -0.15) is 18.2 Å². The first-order valence-electron chi connectivity index (χ1n) is 9.92. The molecule has 0 spiro atoms. The van der Waals surface area contributed by atoms with E-state index >= 15 is 0 Å². The smallest absolute Gasteiger partial charge is 0.395 e. The second-order valence-electron chi connectivity index (χ2n) is 7.01. The highest BCUT2D eigenvalue weighted by Crippen LogP contribution is 2.30. The summed E-state index contributed by atoms with van der Waals surface area (Å²) in [6.45, 7) is 0.159. The highest BCUT2D eigenvalue weighted by atomic mass is 19.4. The molecule has 0 saturated carbocycles. The molecule has 4 rings (SSSR count). The van der Waals surface area contributed by atoms with Crippen LogP contribution in [0.1, 0.15) is 11.1 Å². The van der Waals surface area contributed by atoms with Gasteiger partial charge in [-0.15, -0.1) is 0 Å². The maximum atomic E-state index is 12.2. The molecule has 1 atom stereocenters. The zero-order valence-electron chi connectivity index (χ0n) is 17.3. The lowest BCUT2D eigenvalue weighted by molar-refractivity contribution is -0.137. The van der Waals surface area contributed by atoms with E-state index in [2.05, 4.69) is 25.0 Å². The standard InChI is InChI=1S/C13H17N3O2.C9H5F3N2O/c14-11(13(18)15-5-6-17)7-9-8-16-12-4-2-1-3-10(9)12;10-9(11,12)7-3-1-6(2-4-7)8-13-5-15-14-8/h1-4,8,11,16-17H,5-7,14H2,(H,15,18);1-5H. The van der Waals surface area contributed by atoms with Gasteiger partial charge in [0.2, 0.25) is 18.1 Å². The highest BCUT2D eigenvalue weighted by molar-refractivity contribution is 5.86. The van der Waals surface area contributed by atoms with Gasteiger partial charge in [0, 0.05) is 29.2 Å². The van der Waals surface area contributed by atoms with Crippen molar-refractivity contribution in [3.63, 3.8) is 0 Å². The Kier molecular flexibility index (Phi) is 7.80. The number of para-hydroxylation sites is 1. The Bertz CT molecular complexity index is 1160. The van der Waals surface area contributed by atoms with Gasteiger partial charge in [-0.1, -0.05) is 35.5 Å². The van der Waals surface area contributed by atoms with Gasteiger partial charge in [0.25, 0.3) is 0 Å². The highest BCUT2D eigenvalue weighted by Gasteiger charge is 2.30. The second-order valence-corrected chi connectivity index (χ2v) is 7.01. The molecular weight excluding hydrogens is 439 g/mol. The minimum Gasteiger partial charge on any atom is -0.395 e. The molecule has 0 saturated heterocycles. The fourth-order valence-electron chi connectivity index (χ4n) is 3.05. The number of aromatic nitrogens is 3. The molecule has 5 N–H and O–H groups in total. The average molecular weight is 461 g/mol. The summed E-state index contributed by atoms with van der Waals surface area (Å²) in [5, 5.41) is 15.8. The number of fused-ring (bicyclic) bond motifs is 1. The monoisotopic (exact) mass is 461 g/mol. The van der Waals surface area contributed by atoms with Crippen LogP contribution in [0.4, 0.5) is 13.2 Å². The van der Waals surface area contributed by atoms with Crippen LogP contribution in [0, 0.1) is 0 Å². The number of halogens is 3. The van der Waals surface area contributed by atoms with Gasteiger partial charge >= 0.3 is 6.18 Å². The maximum absolute atomic E-state index is 12.2. The topological polar surface area (TPSA) is 130 Å². The molecular formula is C22H22F3N5O3. The van der Waals surface area contributed by atoms with Crippen LogP contribution in [0.3, 0.4) is 0 Å². The quantitative estimate of drug-likeness (QED) is 0.349. The average Bonchev–Trinajstić information content (AvgIpc) is 3.48. The molecule has 2 heterocycles. The number of amides is 1. The number of aliphatic hydroxyl groups is 1. The Morgan fingerprint density at radius 2 is 1.91 bits per heavy atom. The van der Waals surface area contributed by atoms with Crippen molar-refractivity contribution in [2.24, 2.45) is 5.73 Å². The lowest BCUT2D eigenvalue weighted by atomic mass is 10.1. The van der Waals surface area contributed by atoms with Crippen molar-refractivity contribution in [2.75, 3.05) is 13.2 Å². The molecule has 0 aliphatic heterocycles. The Hall–Kier alpha value is -3.70. The number of rotatable bonds is 6. The molecule has 0 bridgehead atoms. The van der Waals surface area contributed by atoms with Crippen molar-refractivity contribution < 1.29 is 27.6 Å². The van der Waals surface area contributed by atoms with Crippen LogP contribution in [0.25, 0.3) is 22.3 Å². The fourth-order valence-corrected chi connectivity index (χ4v) is 3.05. The summed E-state index contributed by atoms with van der Waals surface area (Å²) in [7, 11) is 0. The van der Waals surface area contributed by atoms with Crippen LogP contribution in [0.5, 0.6) is 0 Å². The molecule has 33 heavy (non-hydrogen) atoms. The molecule has 0 aliphatic carbocycles. The summed E-state index contributed by atoms with van der Waals surface area (Å²) in [4.78, 5) is 18.5. The number of hydrogen-bond acceptors (Lipinski definition) is 6. The summed E-state index contributed by atoms with van der Waals surface area (Å²) in [6.07, 6.45) is -0.853. The number of carbonyl (C=O) groups excluding carboxylic acids is 1. The molecule has 2 aromatic carbocycles. The van der Waals surface area contributed by atoms with Crippen LogP contribution in [-0.2, 0) is 17.4 Å². The van der Waals surface area contributed by atoms with Gasteiger partial charge in [0.1, 0.15) is 0 Å². The molecule has 1 amide bonds. The second kappa shape index (κ2) is 10.7. The van der Waals surface area contributed by atoms with E-state index in [0.717, 1.165) is 35.0 Å². The zero-order valence-corrected chi connectivity index (χ0v) is 17.3. The van der Waals surface area contributed by atoms with E-state index in [4.69, 9.17) is 10.8 Å². The Labute approximate surface area is 186 Å². The predicted molar refractivity (Wildman–Crippen MR) is 115 cm³/mol. The SMILES string of the molecule is FC(F)(F)c1ccc(-c2ncon2)cc1.NC(Cc1c[nH]c2ccccc12)C(=O)NCCO. The third kappa shape index (κ3) is 6.40. The van der Waals surface area contributed by atoms with Crippen molar-refractivity contribution >= 4 is 16.8 Å². The summed E-state index contributed by atoms with van der Waals surface area (Å²) >= 11 is 0. The fraction of sp³-hybridized carbons (Fsp3) is 0.227. The molecule has 4 aromatic rings. The van der Waals surface area contributed by atoms with Gasteiger partial charge in [-0.05, 0) is 30.2 Å². The Balaban J connectivity index is 0.000000189. The number of benzene rings is 2. The first kappa shape index (κ1) is 24.0. The number of carbonyl (C=O) groups is 1. The number of nitrogens with one attached hydrogen (secondary N) is 2. The summed E-state index contributed by atoms with van der Waals surface area (Å²) in [5.74, 6) is 0.0260. The van der Waals surface area contributed by atoms with Gasteiger partial charge in [0.15, 0.2) is 0 Å². The van der Waals surface area contributed by atoms with Crippen LogP contribution in [0.2, 0.25) is 0 Å². The van der Waals surface area contributed by atoms with Crippen molar-refractivity contribution in [1.82, 2.24) is 20.4 Å². The zero-order chi connectivity index (χ0) is 23.8. The van der Waals surface area contributed by atoms with Crippen molar-refractivity contribution in [3.05, 3.63) is 72.2 Å². The van der Waals surface area contributed by atoms with E-state index in [1.807, 2.05) is 30.5 Å².